The van der Waals surface area contributed by atoms with Gasteiger partial charge in [0.2, 0.25) is 0 Å². The zero-order valence-electron chi connectivity index (χ0n) is 12.4. The normalized spacial score (nSPS) is 13.7. The number of nitrogens with zero attached hydrogens (tertiary/aromatic N) is 2. The van der Waals surface area contributed by atoms with E-state index in [1.807, 2.05) is 0 Å². The van der Waals surface area contributed by atoms with Gasteiger partial charge in [0, 0.05) is 35.2 Å². The number of nitrogens with one attached hydrogen (secondary N) is 1. The minimum atomic E-state index is -1.16. The van der Waals surface area contributed by atoms with E-state index in [0.717, 1.165) is 0 Å². The van der Waals surface area contributed by atoms with Gasteiger partial charge in [-0.25, -0.2) is 14.7 Å². The standard InChI is InChI=1S/C13H15N3O6S/c1-22-13(20)8-6-16(5-7-10(8)14-15-11(7)17)9(12(18)19)3-4-23(2)21/h5-6,9H,3-4H2,1-2H3,(H,15,17)(H,18,19)/t9-,23+/m1/s1. The quantitative estimate of drug-likeness (QED) is 0.699. The van der Waals surface area contributed by atoms with Crippen molar-refractivity contribution in [2.24, 2.45) is 0 Å². The summed E-state index contributed by atoms with van der Waals surface area (Å²) in [6, 6.07) is -1.07. The lowest BCUT2D eigenvalue weighted by atomic mass is 10.1. The van der Waals surface area contributed by atoms with Crippen molar-refractivity contribution >= 4 is 22.7 Å². The average Bonchev–Trinajstić information content (AvgIpc) is 2.87. The summed E-state index contributed by atoms with van der Waals surface area (Å²) >= 11 is 0. The minimum absolute atomic E-state index is 0.0211. The molecule has 0 saturated heterocycles. The van der Waals surface area contributed by atoms with E-state index in [-0.39, 0.29) is 29.0 Å². The molecule has 2 atom stereocenters. The van der Waals surface area contributed by atoms with Crippen molar-refractivity contribution in [3.8, 4) is 11.3 Å². The van der Waals surface area contributed by atoms with E-state index < -0.39 is 34.3 Å². The number of carbonyl (C=O) groups is 2. The third-order valence-corrected chi connectivity index (χ3v) is 4.12. The lowest BCUT2D eigenvalue weighted by Gasteiger charge is -2.18. The van der Waals surface area contributed by atoms with Crippen LogP contribution in [0.25, 0.3) is 11.3 Å². The van der Waals surface area contributed by atoms with Gasteiger partial charge < -0.3 is 14.4 Å². The molecule has 2 N–H and O–H groups in total. The Morgan fingerprint density at radius 3 is 2.74 bits per heavy atom. The van der Waals surface area contributed by atoms with Crippen molar-refractivity contribution in [1.82, 2.24) is 14.8 Å². The first-order valence-electron chi connectivity index (χ1n) is 6.56. The molecule has 0 fully saturated rings. The molecule has 0 amide bonds. The molecule has 9 nitrogen and oxygen atoms in total. The molecule has 0 aromatic carbocycles. The number of methoxy groups -OCH3 is 1. The fourth-order valence-electron chi connectivity index (χ4n) is 2.17. The predicted octanol–water partition coefficient (Wildman–Crippen LogP) is -0.143. The molecule has 124 valence electrons. The summed E-state index contributed by atoms with van der Waals surface area (Å²) < 4.78 is 17.1. The van der Waals surface area contributed by atoms with E-state index in [4.69, 9.17) is 0 Å². The Balaban J connectivity index is 2.58. The van der Waals surface area contributed by atoms with Crippen molar-refractivity contribution < 1.29 is 23.6 Å². The van der Waals surface area contributed by atoms with Gasteiger partial charge in [0.05, 0.1) is 12.7 Å². The maximum atomic E-state index is 11.9. The number of H-pyrrole nitrogens is 1. The van der Waals surface area contributed by atoms with Gasteiger partial charge in [-0.05, 0) is 6.42 Å². The number of aromatic amines is 1. The molecule has 0 bridgehead atoms. The number of carboxylic acid groups (broad SMARTS) is 1. The lowest BCUT2D eigenvalue weighted by Crippen LogP contribution is -2.23. The number of ether oxygens (including phenoxy) is 1. The lowest BCUT2D eigenvalue weighted by molar-refractivity contribution is -0.141. The molecule has 0 aliphatic carbocycles. The average molecular weight is 341 g/mol. The van der Waals surface area contributed by atoms with Gasteiger partial charge in [0.15, 0.2) is 0 Å². The molecule has 2 aliphatic heterocycles. The fraction of sp³-hybridized carbons (Fsp3) is 0.385. The number of hydrogen-bond donors (Lipinski definition) is 2. The molecule has 2 rings (SSSR count). The van der Waals surface area contributed by atoms with Gasteiger partial charge in [-0.2, -0.15) is 5.10 Å². The predicted molar refractivity (Wildman–Crippen MR) is 81.0 cm³/mol. The number of aliphatic carboxylic acids is 1. The van der Waals surface area contributed by atoms with E-state index in [2.05, 4.69) is 14.9 Å². The first-order valence-corrected chi connectivity index (χ1v) is 8.29. The molecule has 0 aromatic rings. The Kier molecular flexibility index (Phi) is 4.94. The number of esters is 1. The number of aromatic nitrogens is 3. The Morgan fingerprint density at radius 1 is 1.48 bits per heavy atom. The van der Waals surface area contributed by atoms with Gasteiger partial charge in [-0.3, -0.25) is 9.00 Å². The largest absolute Gasteiger partial charge is 0.480 e. The number of fused-ring (bicyclic) bond motifs is 1. The van der Waals surface area contributed by atoms with Crippen molar-refractivity contribution in [3.63, 3.8) is 0 Å². The molecule has 23 heavy (non-hydrogen) atoms. The van der Waals surface area contributed by atoms with Crippen LogP contribution in [0.2, 0.25) is 0 Å². The third kappa shape index (κ3) is 3.47. The van der Waals surface area contributed by atoms with Crippen LogP contribution in [0.15, 0.2) is 17.2 Å². The Labute approximate surface area is 133 Å². The van der Waals surface area contributed by atoms with Crippen LogP contribution >= 0.6 is 0 Å². The molecular weight excluding hydrogens is 326 g/mol. The number of hydrogen-bond acceptors (Lipinski definition) is 6. The topological polar surface area (TPSA) is 131 Å². The fourth-order valence-corrected chi connectivity index (χ4v) is 2.73. The smallest absolute Gasteiger partial charge is 0.341 e. The highest BCUT2D eigenvalue weighted by Crippen LogP contribution is 2.24. The molecule has 0 radical (unpaired) electrons. The van der Waals surface area contributed by atoms with Gasteiger partial charge in [-0.1, -0.05) is 0 Å². The number of pyridine rings is 1. The van der Waals surface area contributed by atoms with E-state index >= 15 is 0 Å². The summed E-state index contributed by atoms with van der Waals surface area (Å²) in [6.07, 6.45) is 4.14. The van der Waals surface area contributed by atoms with E-state index in [9.17, 15) is 23.7 Å². The number of carbonyl (C=O) groups excluding carboxylic acids is 1. The van der Waals surface area contributed by atoms with Crippen LogP contribution < -0.4 is 5.56 Å². The summed E-state index contributed by atoms with van der Waals surface area (Å²) in [6.45, 7) is 0. The van der Waals surface area contributed by atoms with Gasteiger partial charge in [0.1, 0.15) is 17.3 Å². The maximum Gasteiger partial charge on any atom is 0.341 e. The van der Waals surface area contributed by atoms with Crippen LogP contribution in [-0.4, -0.2) is 55.1 Å². The van der Waals surface area contributed by atoms with E-state index in [1.165, 1.54) is 30.3 Å². The molecular formula is C13H15N3O6S. The summed E-state index contributed by atoms with van der Waals surface area (Å²) in [5, 5.41) is 15.4. The van der Waals surface area contributed by atoms with Crippen molar-refractivity contribution in [3.05, 3.63) is 28.3 Å². The zero-order chi connectivity index (χ0) is 17.1. The molecule has 0 unspecified atom stereocenters. The molecule has 0 spiro atoms. The van der Waals surface area contributed by atoms with Gasteiger partial charge in [0.25, 0.3) is 5.56 Å². The SMILES string of the molecule is COC(=O)c1cn([C@H](CC[S@](C)=O)C(=O)O)cc2c(=O)[nH]nc1-2. The second kappa shape index (κ2) is 6.73. The maximum absolute atomic E-state index is 11.9. The Hall–Kier alpha value is -2.49. The van der Waals surface area contributed by atoms with E-state index in [0.29, 0.717) is 0 Å². The Bertz CT molecular complexity index is 795. The highest BCUT2D eigenvalue weighted by atomic mass is 32.2. The van der Waals surface area contributed by atoms with Crippen LogP contribution in [0.5, 0.6) is 0 Å². The first-order chi connectivity index (χ1) is 10.8. The zero-order valence-corrected chi connectivity index (χ0v) is 13.3. The monoisotopic (exact) mass is 341 g/mol. The van der Waals surface area contributed by atoms with Crippen LogP contribution in [0.3, 0.4) is 0 Å². The van der Waals surface area contributed by atoms with Gasteiger partial charge >= 0.3 is 11.9 Å². The third-order valence-electron chi connectivity index (χ3n) is 3.31. The van der Waals surface area contributed by atoms with Crippen LogP contribution in [0.1, 0.15) is 22.8 Å². The second-order valence-corrected chi connectivity index (χ2v) is 6.40. The summed E-state index contributed by atoms with van der Waals surface area (Å²) in [5.41, 5.74) is -0.368. The highest BCUT2D eigenvalue weighted by molar-refractivity contribution is 7.84. The summed E-state index contributed by atoms with van der Waals surface area (Å²) in [7, 11) is 0.00732. The summed E-state index contributed by atoms with van der Waals surface area (Å²) in [5.74, 6) is -1.73. The highest BCUT2D eigenvalue weighted by Gasteiger charge is 2.26. The molecule has 2 aliphatic rings. The van der Waals surface area contributed by atoms with E-state index in [1.54, 1.807) is 0 Å². The molecule has 2 heterocycles. The van der Waals surface area contributed by atoms with Crippen molar-refractivity contribution in [1.29, 1.82) is 0 Å². The number of carboxylic acids is 1. The molecule has 0 saturated carbocycles. The van der Waals surface area contributed by atoms with Crippen LogP contribution in [0.4, 0.5) is 0 Å². The number of rotatable bonds is 6. The minimum Gasteiger partial charge on any atom is -0.480 e. The molecule has 10 heteroatoms. The second-order valence-electron chi connectivity index (χ2n) is 4.85. The first kappa shape index (κ1) is 16.9. The van der Waals surface area contributed by atoms with Crippen molar-refractivity contribution in [2.45, 2.75) is 12.5 Å². The van der Waals surface area contributed by atoms with Crippen LogP contribution in [-0.2, 0) is 20.3 Å². The molecule has 0 aromatic heterocycles. The van der Waals surface area contributed by atoms with Gasteiger partial charge in [-0.15, -0.1) is 0 Å². The Morgan fingerprint density at radius 2 is 2.17 bits per heavy atom. The summed E-state index contributed by atoms with van der Waals surface area (Å²) in [4.78, 5) is 35.1. The van der Waals surface area contributed by atoms with Crippen molar-refractivity contribution in [2.75, 3.05) is 19.1 Å². The van der Waals surface area contributed by atoms with Crippen LogP contribution in [0, 0.1) is 0 Å².